The van der Waals surface area contributed by atoms with Gasteiger partial charge in [0, 0.05) is 12.1 Å². The predicted molar refractivity (Wildman–Crippen MR) is 308 cm³/mol. The zero-order chi connectivity index (χ0) is 53.3. The molecule has 4 unspecified atom stereocenters. The number of nitrogens with one attached hydrogen (secondary N) is 4. The van der Waals surface area contributed by atoms with Crippen LogP contribution in [0.25, 0.3) is 33.2 Å². The van der Waals surface area contributed by atoms with Crippen LogP contribution in [-0.4, -0.2) is 116 Å². The summed E-state index contributed by atoms with van der Waals surface area (Å²) in [6.07, 6.45) is 29.0. The van der Waals surface area contributed by atoms with Gasteiger partial charge in [-0.3, -0.25) is 9.59 Å². The minimum atomic E-state index is -0.670. The van der Waals surface area contributed by atoms with E-state index in [0.717, 1.165) is 129 Å². The number of aromatic nitrogens is 4. The molecule has 4 bridgehead atoms. The lowest BCUT2D eigenvalue weighted by molar-refractivity contribution is -0.138. The Morgan fingerprint density at radius 1 is 0.727 bits per heavy atom. The van der Waals surface area contributed by atoms with Gasteiger partial charge in [-0.2, -0.15) is 23.5 Å². The van der Waals surface area contributed by atoms with Crippen molar-refractivity contribution in [3.05, 3.63) is 94.6 Å². The number of amides is 4. The molecule has 77 heavy (non-hydrogen) atoms. The van der Waals surface area contributed by atoms with Crippen molar-refractivity contribution in [1.29, 1.82) is 0 Å². The van der Waals surface area contributed by atoms with Crippen molar-refractivity contribution in [2.75, 3.05) is 38.2 Å². The molecule has 14 rings (SSSR count). The molecule has 0 spiro atoms. The summed E-state index contributed by atoms with van der Waals surface area (Å²) in [5, 5.41) is 5.76. The summed E-state index contributed by atoms with van der Waals surface area (Å²) in [4.78, 5) is 76.7. The molecule has 10 aliphatic rings. The first-order chi connectivity index (χ1) is 37.5. The van der Waals surface area contributed by atoms with Crippen LogP contribution in [0.2, 0.25) is 0 Å². The number of allylic oxidation sites excluding steroid dienone is 8. The number of methoxy groups -OCH3 is 2. The Kier molecular flexibility index (Phi) is 16.3. The molecule has 14 nitrogen and oxygen atoms in total. The zero-order valence-electron chi connectivity index (χ0n) is 45.6. The molecule has 8 aliphatic carbocycles. The molecule has 0 radical (unpaired) electrons. The molecular weight excluding hydrogens is 1000 g/mol. The average Bonchev–Trinajstić information content (AvgIpc) is 4.38. The van der Waals surface area contributed by atoms with Crippen LogP contribution in [0.1, 0.15) is 151 Å². The number of nitrogens with zero attached hydrogens (tertiary/aromatic N) is 4. The van der Waals surface area contributed by atoms with E-state index in [9.17, 15) is 19.2 Å². The number of hydrogen-bond acceptors (Lipinski definition) is 10. The van der Waals surface area contributed by atoms with Gasteiger partial charge in [0.1, 0.15) is 23.7 Å². The molecule has 2 saturated heterocycles. The van der Waals surface area contributed by atoms with Gasteiger partial charge in [0.2, 0.25) is 11.8 Å². The van der Waals surface area contributed by atoms with Gasteiger partial charge in [0.15, 0.2) is 0 Å². The minimum Gasteiger partial charge on any atom is -0.453 e. The monoisotopic (exact) mass is 1080 g/mol. The van der Waals surface area contributed by atoms with Crippen molar-refractivity contribution in [2.45, 2.75) is 152 Å². The van der Waals surface area contributed by atoms with Gasteiger partial charge < -0.3 is 39.9 Å². The Bertz CT molecular complexity index is 3000. The van der Waals surface area contributed by atoms with Crippen LogP contribution in [0.3, 0.4) is 0 Å². The molecule has 2 aromatic carbocycles. The van der Waals surface area contributed by atoms with Crippen LogP contribution >= 0.6 is 23.5 Å². The maximum absolute atomic E-state index is 14.7. The summed E-state index contributed by atoms with van der Waals surface area (Å²) < 4.78 is 9.98. The molecule has 4 heterocycles. The third-order valence-corrected chi connectivity index (χ3v) is 19.9. The Morgan fingerprint density at radius 2 is 1.27 bits per heavy atom. The number of benzene rings is 2. The van der Waals surface area contributed by atoms with Gasteiger partial charge in [0.05, 0.1) is 48.4 Å². The van der Waals surface area contributed by atoms with Crippen LogP contribution < -0.4 is 10.6 Å². The number of fused-ring (bicyclic) bond motifs is 4. The first-order valence-corrected chi connectivity index (χ1v) is 31.4. The van der Waals surface area contributed by atoms with Gasteiger partial charge in [-0.15, -0.1) is 0 Å². The number of likely N-dealkylation sites (tertiary alicyclic amines) is 2. The summed E-state index contributed by atoms with van der Waals surface area (Å²) in [5.41, 5.74) is 11.7. The third kappa shape index (κ3) is 11.0. The lowest BCUT2D eigenvalue weighted by atomic mass is 9.70. The molecule has 4 amide bonds. The molecule has 410 valence electrons. The fraction of sp³-hybridized carbons (Fsp3) is 0.574. The molecule has 11 atom stereocenters. The summed E-state index contributed by atoms with van der Waals surface area (Å²) in [7, 11) is 2.69. The molecule has 4 fully saturated rings. The van der Waals surface area contributed by atoms with Crippen molar-refractivity contribution in [2.24, 2.45) is 29.6 Å². The van der Waals surface area contributed by atoms with Crippen LogP contribution in [0.5, 0.6) is 0 Å². The lowest BCUT2D eigenvalue weighted by Gasteiger charge is -2.36. The Balaban J connectivity index is 0.932. The van der Waals surface area contributed by atoms with E-state index in [1.54, 1.807) is 23.5 Å². The number of thioether (sulfide) groups is 2. The van der Waals surface area contributed by atoms with E-state index in [4.69, 9.17) is 19.4 Å². The second-order valence-corrected chi connectivity index (χ2v) is 25.1. The number of H-pyrrole nitrogens is 2. The van der Waals surface area contributed by atoms with Crippen LogP contribution in [-0.2, 0) is 19.1 Å². The molecule has 2 aliphatic heterocycles. The van der Waals surface area contributed by atoms with E-state index in [0.29, 0.717) is 36.5 Å². The van der Waals surface area contributed by atoms with E-state index < -0.39 is 24.3 Å². The highest BCUT2D eigenvalue weighted by Crippen LogP contribution is 2.50. The highest BCUT2D eigenvalue weighted by Gasteiger charge is 2.49. The van der Waals surface area contributed by atoms with E-state index >= 15 is 0 Å². The topological polar surface area (TPSA) is 175 Å². The summed E-state index contributed by atoms with van der Waals surface area (Å²) >= 11 is 3.33. The van der Waals surface area contributed by atoms with Gasteiger partial charge in [-0.1, -0.05) is 74.6 Å². The fourth-order valence-corrected chi connectivity index (χ4v) is 15.6. The number of alkyl carbamates (subject to hydrolysis) is 2. The summed E-state index contributed by atoms with van der Waals surface area (Å²) in [5.74, 6) is 5.03. The zero-order valence-corrected chi connectivity index (χ0v) is 47.2. The lowest BCUT2D eigenvalue weighted by Crippen LogP contribution is -2.52. The number of hydrogen-bond donors (Lipinski definition) is 4. The molecule has 2 aromatic heterocycles. The largest absolute Gasteiger partial charge is 0.453 e. The predicted octanol–water partition coefficient (Wildman–Crippen LogP) is 12.2. The fourth-order valence-electron chi connectivity index (χ4n) is 14.7. The number of ether oxygens (including phenoxy) is 2. The SMILES string of the molecule is COC(=O)N[C@@H](CCSC)C(=O)N1C2CCCCC2C[C@H]1c1nc2ccc(C3=CC4=C(c5ccc6nc([C@@H]7CC8CCCCC8N7C(=O)[C@H](CCSC)NC(=O)OC)[nH]c6c5)C[C@@H]3C[C@@H](C)[C@@H]3C=CC(=CC3)CC4)cc2[nH]1. The van der Waals surface area contributed by atoms with Gasteiger partial charge in [-0.05, 0) is 189 Å². The second kappa shape index (κ2) is 23.5. The van der Waals surface area contributed by atoms with Gasteiger partial charge in [0.25, 0.3) is 0 Å². The standard InChI is InChI=1S/C61H78N8O6S2/c1-35-28-43-30-44(39-20-22-46-50(31-39)64-56(62-46)54-33-41-10-6-8-12-52(41)68(54)58(70)48(24-26-76-4)66-60(72)74-2)38(19-16-36-14-17-37(35)18-15-36)29-45(43)40-21-23-47-51(32-40)65-57(63-47)55-34-42-11-7-9-13-53(42)69(55)59(71)49(25-27-77-5)67-61(73)75-3/h14-15,17,20-23,29,31-32,35,37,41-43,48-49,52-55H,6-13,16,18-19,24-28,30,33-34H2,1-5H3,(H,62,64)(H,63,65)(H,66,72)(H,67,73)/t35-,37-,41?,42?,43+,48+,49+,52?,53?,54+,55+/m1/s1. The first-order valence-electron chi connectivity index (χ1n) is 28.6. The Labute approximate surface area is 462 Å². The van der Waals surface area contributed by atoms with Crippen molar-refractivity contribution in [3.63, 3.8) is 0 Å². The van der Waals surface area contributed by atoms with Crippen molar-refractivity contribution < 1.29 is 28.7 Å². The first kappa shape index (κ1) is 53.5. The van der Waals surface area contributed by atoms with Crippen LogP contribution in [0.15, 0.2) is 71.8 Å². The van der Waals surface area contributed by atoms with Crippen LogP contribution in [0.4, 0.5) is 9.59 Å². The number of carbonyl (C=O) groups is 4. The van der Waals surface area contributed by atoms with Crippen LogP contribution in [0, 0.1) is 29.6 Å². The average molecular weight is 1080 g/mol. The number of aromatic amines is 2. The molecule has 16 heteroatoms. The molecule has 2 saturated carbocycles. The highest BCUT2D eigenvalue weighted by molar-refractivity contribution is 7.98. The summed E-state index contributed by atoms with van der Waals surface area (Å²) in [6, 6.07) is 11.9. The van der Waals surface area contributed by atoms with E-state index in [1.807, 2.05) is 12.5 Å². The normalized spacial score (nSPS) is 27.8. The second-order valence-electron chi connectivity index (χ2n) is 23.1. The summed E-state index contributed by atoms with van der Waals surface area (Å²) in [6.45, 7) is 2.43. The molecular formula is C61H78N8O6S2. The number of carbonyl (C=O) groups excluding carboxylic acids is 4. The van der Waals surface area contributed by atoms with Gasteiger partial charge in [-0.25, -0.2) is 19.6 Å². The smallest absolute Gasteiger partial charge is 0.407 e. The molecule has 4 N–H and O–H groups in total. The van der Waals surface area contributed by atoms with Crippen molar-refractivity contribution >= 4 is 80.7 Å². The number of rotatable bonds is 14. The quantitative estimate of drug-likeness (QED) is 0.0951. The maximum atomic E-state index is 14.7. The number of imidazole rings is 2. The minimum absolute atomic E-state index is 0.0458. The highest BCUT2D eigenvalue weighted by atomic mass is 32.2. The Morgan fingerprint density at radius 3 is 1.81 bits per heavy atom. The Hall–Kier alpha value is -5.48. The molecule has 4 aromatic rings. The van der Waals surface area contributed by atoms with Crippen molar-refractivity contribution in [3.8, 4) is 0 Å². The van der Waals surface area contributed by atoms with E-state index in [-0.39, 0.29) is 41.9 Å². The van der Waals surface area contributed by atoms with E-state index in [1.165, 1.54) is 60.5 Å². The van der Waals surface area contributed by atoms with Crippen molar-refractivity contribution in [1.82, 2.24) is 40.4 Å². The van der Waals surface area contributed by atoms with E-state index in [2.05, 4.69) is 98.0 Å². The third-order valence-electron chi connectivity index (χ3n) is 18.7. The maximum Gasteiger partial charge on any atom is 0.407 e. The van der Waals surface area contributed by atoms with Gasteiger partial charge >= 0.3 is 12.2 Å².